The molecule has 0 aliphatic carbocycles. The monoisotopic (exact) mass is 227 g/mol. The molecule has 2 rings (SSSR count). The molecule has 2 aromatic rings. The van der Waals surface area contributed by atoms with E-state index in [4.69, 9.17) is 5.26 Å². The van der Waals surface area contributed by atoms with E-state index < -0.39 is 0 Å². The minimum Gasteiger partial charge on any atom is -0.192 e. The van der Waals surface area contributed by atoms with Gasteiger partial charge in [0, 0.05) is 0 Å². The molecule has 1 aromatic heterocycles. The van der Waals surface area contributed by atoms with E-state index in [2.05, 4.69) is 28.4 Å². The number of hydrogen-bond donors (Lipinski definition) is 0. The summed E-state index contributed by atoms with van der Waals surface area (Å²) in [5, 5.41) is 20.5. The van der Waals surface area contributed by atoms with Crippen molar-refractivity contribution in [2.24, 2.45) is 0 Å². The van der Waals surface area contributed by atoms with Gasteiger partial charge in [0.15, 0.2) is 6.33 Å². The molecule has 0 saturated heterocycles. The first-order valence-electron chi connectivity index (χ1n) is 5.57. The van der Waals surface area contributed by atoms with Gasteiger partial charge in [0.25, 0.3) is 0 Å². The predicted octanol–water partition coefficient (Wildman–Crippen LogP) is 1.93. The summed E-state index contributed by atoms with van der Waals surface area (Å²) in [4.78, 5) is 1.62. The molecule has 0 bridgehead atoms. The Balaban J connectivity index is 2.30. The molecule has 0 fully saturated rings. The zero-order valence-corrected chi connectivity index (χ0v) is 9.61. The van der Waals surface area contributed by atoms with E-state index in [0.29, 0.717) is 5.56 Å². The normalized spacial score (nSPS) is 12.0. The van der Waals surface area contributed by atoms with Gasteiger partial charge in [0.2, 0.25) is 0 Å². The highest BCUT2D eigenvalue weighted by Crippen LogP contribution is 2.21. The van der Waals surface area contributed by atoms with Crippen molar-refractivity contribution in [3.63, 3.8) is 0 Å². The molecule has 0 N–H and O–H groups in total. The molecular weight excluding hydrogens is 214 g/mol. The SMILES string of the molecule is CCCC(c1ccc(C#N)cc1)n1ncnn1. The van der Waals surface area contributed by atoms with Crippen LogP contribution < -0.4 is 0 Å². The van der Waals surface area contributed by atoms with Crippen molar-refractivity contribution >= 4 is 0 Å². The summed E-state index contributed by atoms with van der Waals surface area (Å²) in [5.41, 5.74) is 1.76. The van der Waals surface area contributed by atoms with E-state index >= 15 is 0 Å². The molecule has 5 heteroatoms. The highest BCUT2D eigenvalue weighted by Gasteiger charge is 2.14. The molecule has 0 aliphatic heterocycles. The minimum absolute atomic E-state index is 0.0928. The molecule has 1 heterocycles. The Morgan fingerprint density at radius 1 is 1.35 bits per heavy atom. The molecule has 1 unspecified atom stereocenters. The second kappa shape index (κ2) is 5.21. The standard InChI is InChI=1S/C12H13N5/c1-2-3-12(17-15-9-14-16-17)11-6-4-10(8-13)5-7-11/h4-7,9,12H,2-3H2,1H3. The summed E-state index contributed by atoms with van der Waals surface area (Å²) in [5.74, 6) is 0. The summed E-state index contributed by atoms with van der Waals surface area (Å²) < 4.78 is 0. The van der Waals surface area contributed by atoms with Gasteiger partial charge >= 0.3 is 0 Å². The van der Waals surface area contributed by atoms with E-state index in [0.717, 1.165) is 18.4 Å². The highest BCUT2D eigenvalue weighted by atomic mass is 15.6. The third kappa shape index (κ3) is 2.48. The first-order valence-corrected chi connectivity index (χ1v) is 5.57. The Labute approximate surface area is 99.7 Å². The lowest BCUT2D eigenvalue weighted by Gasteiger charge is -2.14. The van der Waals surface area contributed by atoms with Crippen molar-refractivity contribution in [3.8, 4) is 6.07 Å². The molecule has 0 spiro atoms. The van der Waals surface area contributed by atoms with E-state index in [1.807, 2.05) is 24.3 Å². The lowest BCUT2D eigenvalue weighted by atomic mass is 10.0. The summed E-state index contributed by atoms with van der Waals surface area (Å²) >= 11 is 0. The molecule has 0 amide bonds. The lowest BCUT2D eigenvalue weighted by Crippen LogP contribution is -2.13. The van der Waals surface area contributed by atoms with Crippen LogP contribution in [-0.4, -0.2) is 20.2 Å². The van der Waals surface area contributed by atoms with Crippen LogP contribution in [0.15, 0.2) is 30.6 Å². The number of rotatable bonds is 4. The van der Waals surface area contributed by atoms with E-state index in [9.17, 15) is 0 Å². The molecule has 17 heavy (non-hydrogen) atoms. The Morgan fingerprint density at radius 3 is 2.65 bits per heavy atom. The summed E-state index contributed by atoms with van der Waals surface area (Å²) in [6.07, 6.45) is 3.42. The van der Waals surface area contributed by atoms with Gasteiger partial charge in [0.05, 0.1) is 17.7 Å². The quantitative estimate of drug-likeness (QED) is 0.800. The number of nitriles is 1. The van der Waals surface area contributed by atoms with E-state index in [1.165, 1.54) is 6.33 Å². The molecule has 0 saturated carbocycles. The van der Waals surface area contributed by atoms with Gasteiger partial charge in [-0.2, -0.15) is 10.1 Å². The van der Waals surface area contributed by atoms with Crippen LogP contribution in [0.4, 0.5) is 0 Å². The van der Waals surface area contributed by atoms with Crippen molar-refractivity contribution in [3.05, 3.63) is 41.7 Å². The van der Waals surface area contributed by atoms with Crippen molar-refractivity contribution in [2.75, 3.05) is 0 Å². The molecule has 0 aliphatic rings. The zero-order chi connectivity index (χ0) is 12.1. The highest BCUT2D eigenvalue weighted by molar-refractivity contribution is 5.32. The van der Waals surface area contributed by atoms with Crippen LogP contribution in [0.3, 0.4) is 0 Å². The van der Waals surface area contributed by atoms with Crippen LogP contribution in [0, 0.1) is 11.3 Å². The van der Waals surface area contributed by atoms with E-state index in [1.54, 1.807) is 4.80 Å². The van der Waals surface area contributed by atoms with Gasteiger partial charge in [-0.05, 0) is 29.3 Å². The Bertz CT molecular complexity index is 495. The van der Waals surface area contributed by atoms with Gasteiger partial charge in [-0.25, -0.2) is 0 Å². The van der Waals surface area contributed by atoms with Crippen LogP contribution in [-0.2, 0) is 0 Å². The fraction of sp³-hybridized carbons (Fsp3) is 0.333. The van der Waals surface area contributed by atoms with Crippen LogP contribution >= 0.6 is 0 Å². The molecule has 0 radical (unpaired) electrons. The van der Waals surface area contributed by atoms with Crippen molar-refractivity contribution in [1.82, 2.24) is 20.2 Å². The average Bonchev–Trinajstić information content (AvgIpc) is 2.90. The second-order valence-electron chi connectivity index (χ2n) is 3.79. The molecule has 86 valence electrons. The second-order valence-corrected chi connectivity index (χ2v) is 3.79. The number of aromatic nitrogens is 4. The van der Waals surface area contributed by atoms with Crippen LogP contribution in [0.5, 0.6) is 0 Å². The molecule has 5 nitrogen and oxygen atoms in total. The Kier molecular flexibility index (Phi) is 3.46. The maximum absolute atomic E-state index is 8.76. The van der Waals surface area contributed by atoms with Crippen LogP contribution in [0.2, 0.25) is 0 Å². The smallest absolute Gasteiger partial charge is 0.162 e. The predicted molar refractivity (Wildman–Crippen MR) is 62.0 cm³/mol. The minimum atomic E-state index is 0.0928. The van der Waals surface area contributed by atoms with Crippen molar-refractivity contribution in [2.45, 2.75) is 25.8 Å². The Morgan fingerprint density at radius 2 is 2.12 bits per heavy atom. The average molecular weight is 227 g/mol. The number of hydrogen-bond acceptors (Lipinski definition) is 4. The first kappa shape index (κ1) is 11.3. The number of nitrogens with zero attached hydrogens (tertiary/aromatic N) is 5. The van der Waals surface area contributed by atoms with Gasteiger partial charge in [-0.1, -0.05) is 25.5 Å². The third-order valence-electron chi connectivity index (χ3n) is 2.63. The maximum Gasteiger partial charge on any atom is 0.162 e. The van der Waals surface area contributed by atoms with Gasteiger partial charge in [-0.15, -0.1) is 10.2 Å². The largest absolute Gasteiger partial charge is 0.192 e. The molecular formula is C12H13N5. The molecule has 1 aromatic carbocycles. The number of benzene rings is 1. The van der Waals surface area contributed by atoms with Gasteiger partial charge in [-0.3, -0.25) is 0 Å². The van der Waals surface area contributed by atoms with Crippen molar-refractivity contribution in [1.29, 1.82) is 5.26 Å². The first-order chi connectivity index (χ1) is 8.35. The fourth-order valence-electron chi connectivity index (χ4n) is 1.79. The van der Waals surface area contributed by atoms with Crippen LogP contribution in [0.1, 0.15) is 36.9 Å². The summed E-state index contributed by atoms with van der Waals surface area (Å²) in [6.45, 7) is 2.12. The Hall–Kier alpha value is -2.22. The summed E-state index contributed by atoms with van der Waals surface area (Å²) in [7, 11) is 0. The lowest BCUT2D eigenvalue weighted by molar-refractivity contribution is 0.423. The van der Waals surface area contributed by atoms with Crippen LogP contribution in [0.25, 0.3) is 0 Å². The van der Waals surface area contributed by atoms with Gasteiger partial charge in [0.1, 0.15) is 0 Å². The topological polar surface area (TPSA) is 67.4 Å². The van der Waals surface area contributed by atoms with Gasteiger partial charge < -0.3 is 0 Å². The zero-order valence-electron chi connectivity index (χ0n) is 9.61. The van der Waals surface area contributed by atoms with E-state index in [-0.39, 0.29) is 6.04 Å². The molecule has 1 atom stereocenters. The summed E-state index contributed by atoms with van der Waals surface area (Å²) in [6, 6.07) is 9.72. The van der Waals surface area contributed by atoms with Crippen molar-refractivity contribution < 1.29 is 0 Å². The maximum atomic E-state index is 8.76. The number of tetrazole rings is 1. The third-order valence-corrected chi connectivity index (χ3v) is 2.63. The fourth-order valence-corrected chi connectivity index (χ4v) is 1.79.